The van der Waals surface area contributed by atoms with Gasteiger partial charge in [0.15, 0.2) is 0 Å². The summed E-state index contributed by atoms with van der Waals surface area (Å²) in [4.78, 5) is 4.35. The van der Waals surface area contributed by atoms with E-state index in [0.29, 0.717) is 0 Å². The summed E-state index contributed by atoms with van der Waals surface area (Å²) in [5.74, 6) is 0. The molecule has 1 atom stereocenters. The van der Waals surface area contributed by atoms with E-state index in [9.17, 15) is 0 Å². The molecule has 0 saturated heterocycles. The molecule has 2 rings (SSSR count). The Labute approximate surface area is 118 Å². The Morgan fingerprint density at radius 1 is 1.42 bits per heavy atom. The number of hydrogen-bond donors (Lipinski definition) is 1. The molecule has 0 saturated carbocycles. The highest BCUT2D eigenvalue weighted by Crippen LogP contribution is 2.25. The molecule has 1 N–H and O–H groups in total. The van der Waals surface area contributed by atoms with Crippen LogP contribution in [-0.4, -0.2) is 21.3 Å². The van der Waals surface area contributed by atoms with E-state index in [4.69, 9.17) is 11.6 Å². The number of aromatic nitrogens is 3. The zero-order chi connectivity index (χ0) is 13.7. The number of nitrogens with zero attached hydrogens (tertiary/aromatic N) is 3. The predicted octanol–water partition coefficient (Wildman–Crippen LogP) is 2.75. The van der Waals surface area contributed by atoms with E-state index in [2.05, 4.69) is 22.3 Å². The van der Waals surface area contributed by atoms with Gasteiger partial charge in [-0.3, -0.25) is 9.67 Å². The van der Waals surface area contributed by atoms with Gasteiger partial charge in [0.25, 0.3) is 0 Å². The number of rotatable bonds is 6. The molecule has 0 aliphatic carbocycles. The van der Waals surface area contributed by atoms with Crippen molar-refractivity contribution in [3.63, 3.8) is 0 Å². The van der Waals surface area contributed by atoms with Gasteiger partial charge in [-0.15, -0.1) is 0 Å². The number of hydrogen-bond acceptors (Lipinski definition) is 3. The van der Waals surface area contributed by atoms with Crippen LogP contribution in [0, 0.1) is 0 Å². The number of aryl methyl sites for hydroxylation is 2. The Morgan fingerprint density at radius 3 is 2.84 bits per heavy atom. The van der Waals surface area contributed by atoms with Crippen molar-refractivity contribution >= 4 is 11.6 Å². The Kier molecular flexibility index (Phi) is 4.93. The Balaban J connectivity index is 2.09. The quantitative estimate of drug-likeness (QED) is 0.883. The zero-order valence-corrected chi connectivity index (χ0v) is 12.1. The molecule has 2 aromatic heterocycles. The fourth-order valence-electron chi connectivity index (χ4n) is 2.23. The second kappa shape index (κ2) is 6.68. The molecular formula is C14H19ClN4. The number of pyridine rings is 1. The molecule has 0 amide bonds. The van der Waals surface area contributed by atoms with Crippen molar-refractivity contribution in [2.45, 2.75) is 25.8 Å². The van der Waals surface area contributed by atoms with Gasteiger partial charge in [0.1, 0.15) is 0 Å². The first kappa shape index (κ1) is 14.0. The summed E-state index contributed by atoms with van der Waals surface area (Å²) >= 11 is 6.22. The maximum Gasteiger partial charge on any atom is 0.0834 e. The molecule has 102 valence electrons. The van der Waals surface area contributed by atoms with E-state index < -0.39 is 0 Å². The topological polar surface area (TPSA) is 42.7 Å². The van der Waals surface area contributed by atoms with Gasteiger partial charge in [-0.25, -0.2) is 0 Å². The minimum atomic E-state index is 0.201. The third kappa shape index (κ3) is 3.55. The molecule has 4 nitrogen and oxygen atoms in total. The van der Waals surface area contributed by atoms with Gasteiger partial charge in [-0.05, 0) is 31.5 Å². The molecule has 2 heterocycles. The van der Waals surface area contributed by atoms with Crippen LogP contribution >= 0.6 is 11.6 Å². The third-order valence-corrected chi connectivity index (χ3v) is 3.42. The van der Waals surface area contributed by atoms with Crippen molar-refractivity contribution in [1.29, 1.82) is 0 Å². The highest BCUT2D eigenvalue weighted by molar-refractivity contribution is 6.31. The minimum absolute atomic E-state index is 0.201. The summed E-state index contributed by atoms with van der Waals surface area (Å²) in [6, 6.07) is 6.20. The lowest BCUT2D eigenvalue weighted by molar-refractivity contribution is 0.478. The van der Waals surface area contributed by atoms with Gasteiger partial charge in [-0.1, -0.05) is 24.6 Å². The molecule has 0 aromatic carbocycles. The average Bonchev–Trinajstić information content (AvgIpc) is 2.76. The second-order valence-electron chi connectivity index (χ2n) is 4.47. The highest BCUT2D eigenvalue weighted by atomic mass is 35.5. The van der Waals surface area contributed by atoms with E-state index >= 15 is 0 Å². The van der Waals surface area contributed by atoms with E-state index in [1.54, 1.807) is 6.20 Å². The van der Waals surface area contributed by atoms with Crippen LogP contribution in [0.2, 0.25) is 5.02 Å². The maximum absolute atomic E-state index is 6.22. The van der Waals surface area contributed by atoms with E-state index in [0.717, 1.165) is 35.8 Å². The van der Waals surface area contributed by atoms with Crippen LogP contribution in [-0.2, 0) is 13.5 Å². The maximum atomic E-state index is 6.22. The molecule has 1 unspecified atom stereocenters. The van der Waals surface area contributed by atoms with Crippen molar-refractivity contribution < 1.29 is 0 Å². The van der Waals surface area contributed by atoms with Crippen LogP contribution in [0.5, 0.6) is 0 Å². The summed E-state index contributed by atoms with van der Waals surface area (Å²) in [6.45, 7) is 2.99. The molecule has 0 aliphatic heterocycles. The first-order valence-electron chi connectivity index (χ1n) is 6.53. The average molecular weight is 279 g/mol. The van der Waals surface area contributed by atoms with Gasteiger partial charge in [0.05, 0.1) is 23.0 Å². The molecule has 0 spiro atoms. The fraction of sp³-hybridized carbons (Fsp3) is 0.429. The Hall–Kier alpha value is -1.39. The van der Waals surface area contributed by atoms with Crippen LogP contribution in [0.1, 0.15) is 30.8 Å². The first-order valence-corrected chi connectivity index (χ1v) is 6.90. The second-order valence-corrected chi connectivity index (χ2v) is 4.88. The zero-order valence-electron chi connectivity index (χ0n) is 11.3. The van der Waals surface area contributed by atoms with Crippen LogP contribution in [0.15, 0.2) is 30.6 Å². The van der Waals surface area contributed by atoms with E-state index in [1.807, 2.05) is 36.1 Å². The largest absolute Gasteiger partial charge is 0.309 e. The van der Waals surface area contributed by atoms with Crippen molar-refractivity contribution in [3.8, 4) is 0 Å². The predicted molar refractivity (Wildman–Crippen MR) is 77.2 cm³/mol. The fourth-order valence-corrected chi connectivity index (χ4v) is 2.53. The highest BCUT2D eigenvalue weighted by Gasteiger charge is 2.18. The molecular weight excluding hydrogens is 260 g/mol. The van der Waals surface area contributed by atoms with Crippen LogP contribution in [0.3, 0.4) is 0 Å². The summed E-state index contributed by atoms with van der Waals surface area (Å²) in [5.41, 5.74) is 2.14. The van der Waals surface area contributed by atoms with Crippen molar-refractivity contribution in [3.05, 3.63) is 47.0 Å². The van der Waals surface area contributed by atoms with Crippen molar-refractivity contribution in [2.75, 3.05) is 6.54 Å². The molecule has 0 bridgehead atoms. The van der Waals surface area contributed by atoms with Crippen LogP contribution in [0.25, 0.3) is 0 Å². The Bertz CT molecular complexity index is 490. The van der Waals surface area contributed by atoms with Gasteiger partial charge in [0, 0.05) is 18.9 Å². The monoisotopic (exact) mass is 278 g/mol. The lowest BCUT2D eigenvalue weighted by Gasteiger charge is -2.18. The summed E-state index contributed by atoms with van der Waals surface area (Å²) < 4.78 is 1.84. The normalized spacial score (nSPS) is 12.6. The summed E-state index contributed by atoms with van der Waals surface area (Å²) in [7, 11) is 1.92. The lowest BCUT2D eigenvalue weighted by Crippen LogP contribution is -2.24. The van der Waals surface area contributed by atoms with Crippen molar-refractivity contribution in [1.82, 2.24) is 20.1 Å². The van der Waals surface area contributed by atoms with Crippen LogP contribution in [0.4, 0.5) is 0 Å². The molecule has 2 aromatic rings. The smallest absolute Gasteiger partial charge is 0.0834 e. The summed E-state index contributed by atoms with van der Waals surface area (Å²) in [5, 5.41) is 8.38. The standard InChI is InChI=1S/C14H19ClN4/c1-3-16-13(14-12(15)10-18-19(14)2)8-7-11-6-4-5-9-17-11/h4-6,9-10,13,16H,3,7-8H2,1-2H3. The van der Waals surface area contributed by atoms with E-state index in [1.165, 1.54) is 0 Å². The molecule has 19 heavy (non-hydrogen) atoms. The SMILES string of the molecule is CCNC(CCc1ccccn1)c1c(Cl)cnn1C. The van der Waals surface area contributed by atoms with Gasteiger partial charge >= 0.3 is 0 Å². The lowest BCUT2D eigenvalue weighted by atomic mass is 10.1. The van der Waals surface area contributed by atoms with Crippen molar-refractivity contribution in [2.24, 2.45) is 7.05 Å². The number of halogens is 1. The summed E-state index contributed by atoms with van der Waals surface area (Å²) in [6.07, 6.45) is 5.39. The van der Waals surface area contributed by atoms with Gasteiger partial charge < -0.3 is 5.32 Å². The molecule has 0 fully saturated rings. The van der Waals surface area contributed by atoms with Gasteiger partial charge in [0.2, 0.25) is 0 Å². The van der Waals surface area contributed by atoms with E-state index in [-0.39, 0.29) is 6.04 Å². The Morgan fingerprint density at radius 2 is 2.26 bits per heavy atom. The number of nitrogens with one attached hydrogen (secondary N) is 1. The minimum Gasteiger partial charge on any atom is -0.309 e. The van der Waals surface area contributed by atoms with Gasteiger partial charge in [-0.2, -0.15) is 5.10 Å². The molecule has 0 aliphatic rings. The third-order valence-electron chi connectivity index (χ3n) is 3.13. The van der Waals surface area contributed by atoms with Crippen LogP contribution < -0.4 is 5.32 Å². The first-order chi connectivity index (χ1) is 9.22. The molecule has 5 heteroatoms. The molecule has 0 radical (unpaired) electrons.